The van der Waals surface area contributed by atoms with E-state index in [2.05, 4.69) is 0 Å². The molecule has 0 spiro atoms. The smallest absolute Gasteiger partial charge is 0.352 e. The summed E-state index contributed by atoms with van der Waals surface area (Å²) in [5.41, 5.74) is 6.14. The van der Waals surface area contributed by atoms with Crippen molar-refractivity contribution in [2.45, 2.75) is 83.3 Å². The van der Waals surface area contributed by atoms with Gasteiger partial charge in [-0.1, -0.05) is 31.5 Å². The number of nitrogens with zero attached hydrogens (tertiary/aromatic N) is 4. The Morgan fingerprint density at radius 2 is 1.86 bits per heavy atom. The Labute approximate surface area is 309 Å². The lowest BCUT2D eigenvalue weighted by Gasteiger charge is -2.25. The second-order valence-corrected chi connectivity index (χ2v) is 15.3. The van der Waals surface area contributed by atoms with Gasteiger partial charge in [-0.3, -0.25) is 4.68 Å². The number of thioether (sulfide) groups is 1. The third kappa shape index (κ3) is 6.54. The molecule has 0 fully saturated rings. The van der Waals surface area contributed by atoms with E-state index < -0.39 is 5.97 Å². The molecule has 1 unspecified atom stereocenters. The van der Waals surface area contributed by atoms with Crippen LogP contribution in [0.1, 0.15) is 82.2 Å². The van der Waals surface area contributed by atoms with Crippen molar-refractivity contribution >= 4 is 62.3 Å². The normalized spacial score (nSPS) is 16.3. The van der Waals surface area contributed by atoms with Gasteiger partial charge in [-0.05, 0) is 86.9 Å². The largest absolute Gasteiger partial charge is 0.493 e. The summed E-state index contributed by atoms with van der Waals surface area (Å²) in [6.45, 7) is 9.48. The van der Waals surface area contributed by atoms with Crippen molar-refractivity contribution in [1.82, 2.24) is 19.3 Å². The fourth-order valence-corrected chi connectivity index (χ4v) is 9.77. The van der Waals surface area contributed by atoms with E-state index in [0.717, 1.165) is 89.6 Å². The summed E-state index contributed by atoms with van der Waals surface area (Å²) in [6, 6.07) is 12.5. The van der Waals surface area contributed by atoms with Crippen LogP contribution in [0.2, 0.25) is 5.02 Å². The Balaban J connectivity index is 0.00000200. The molecule has 8 rings (SSSR count). The lowest BCUT2D eigenvalue weighted by Crippen LogP contribution is -2.19. The van der Waals surface area contributed by atoms with E-state index in [4.69, 9.17) is 31.2 Å². The van der Waals surface area contributed by atoms with Gasteiger partial charge in [0.2, 0.25) is 0 Å². The highest BCUT2D eigenvalue weighted by Crippen LogP contribution is 2.46. The van der Waals surface area contributed by atoms with Crippen molar-refractivity contribution in [3.8, 4) is 16.9 Å². The lowest BCUT2D eigenvalue weighted by molar-refractivity contribution is 0.0180. The minimum absolute atomic E-state index is 0.224. The molecule has 2 aliphatic rings. The maximum atomic E-state index is 14.3. The van der Waals surface area contributed by atoms with Gasteiger partial charge < -0.3 is 19.1 Å². The Morgan fingerprint density at radius 1 is 1.06 bits per heavy atom. The molecule has 51 heavy (non-hydrogen) atoms. The number of rotatable bonds is 1. The third-order valence-electron chi connectivity index (χ3n) is 9.56. The molecule has 0 saturated heterocycles. The zero-order valence-corrected chi connectivity index (χ0v) is 31.7. The van der Waals surface area contributed by atoms with Gasteiger partial charge in [-0.2, -0.15) is 5.10 Å². The van der Waals surface area contributed by atoms with Crippen LogP contribution in [-0.2, 0) is 37.1 Å². The summed E-state index contributed by atoms with van der Waals surface area (Å²) in [5.74, 6) is 0.0698. The molecule has 3 aromatic carbocycles. The third-order valence-corrected chi connectivity index (χ3v) is 12.2. The molecule has 6 aromatic rings. The number of carboxylic acid groups (broad SMARTS) is 1. The van der Waals surface area contributed by atoms with E-state index in [9.17, 15) is 14.3 Å². The van der Waals surface area contributed by atoms with Crippen LogP contribution in [0.15, 0.2) is 47.4 Å². The maximum Gasteiger partial charge on any atom is 0.352 e. The molecule has 12 heteroatoms. The number of carbonyl (C=O) groups is 1. The molecule has 0 amide bonds. The Kier molecular flexibility index (Phi) is 10.2. The van der Waals surface area contributed by atoms with Gasteiger partial charge in [0.1, 0.15) is 28.4 Å². The number of aromatic carboxylic acids is 1. The Bertz CT molecular complexity index is 2290. The Hall–Kier alpha value is -3.90. The number of hydrogen-bond acceptors (Lipinski definition) is 7. The number of carboxylic acids is 1. The second kappa shape index (κ2) is 14.6. The number of ether oxygens (including phenoxy) is 2. The van der Waals surface area contributed by atoms with Gasteiger partial charge in [0.15, 0.2) is 0 Å². The summed E-state index contributed by atoms with van der Waals surface area (Å²) in [4.78, 5) is 19.8. The number of aryl methyl sites for hydroxylation is 5. The molecule has 2 aliphatic heterocycles. The molecule has 266 valence electrons. The van der Waals surface area contributed by atoms with E-state index in [0.29, 0.717) is 42.6 Å². The molecule has 1 atom stereocenters. The molecule has 1 N–H and O–H groups in total. The summed E-state index contributed by atoms with van der Waals surface area (Å²) in [5, 5.41) is 19.3. The average molecular weight is 747 g/mol. The fourth-order valence-electron chi connectivity index (χ4n) is 7.41. The summed E-state index contributed by atoms with van der Waals surface area (Å²) in [6.07, 6.45) is 2.55. The quantitative estimate of drug-likeness (QED) is 0.179. The SMILES string of the molecule is CC.Cc1nc2sc1CSc1cc(c3ccc(F)cc3c1)OCCCc1c(C(=O)O)n(C)c3c(c(Cl)ccc13)-c1c(C)nn3c1C(CCC3)OC2. The summed E-state index contributed by atoms with van der Waals surface area (Å²) >= 11 is 10.4. The molecule has 0 saturated carbocycles. The van der Waals surface area contributed by atoms with Gasteiger partial charge in [-0.15, -0.1) is 23.1 Å². The summed E-state index contributed by atoms with van der Waals surface area (Å²) < 4.78 is 31.1. The van der Waals surface area contributed by atoms with E-state index in [-0.39, 0.29) is 17.6 Å². The highest BCUT2D eigenvalue weighted by molar-refractivity contribution is 7.98. The number of hydrogen-bond donors (Lipinski definition) is 1. The van der Waals surface area contributed by atoms with Crippen LogP contribution < -0.4 is 4.74 Å². The predicted molar refractivity (Wildman–Crippen MR) is 203 cm³/mol. The topological polar surface area (TPSA) is 91.4 Å². The van der Waals surface area contributed by atoms with Crippen molar-refractivity contribution in [1.29, 1.82) is 0 Å². The number of thiazole rings is 1. The first kappa shape index (κ1) is 35.5. The monoisotopic (exact) mass is 746 g/mol. The first-order valence-electron chi connectivity index (χ1n) is 17.3. The molecule has 8 bridgehead atoms. The van der Waals surface area contributed by atoms with Crippen LogP contribution in [0, 0.1) is 19.7 Å². The number of benzene rings is 3. The van der Waals surface area contributed by atoms with Crippen LogP contribution in [-0.4, -0.2) is 37.0 Å². The first-order valence-corrected chi connectivity index (χ1v) is 19.5. The standard InChI is InChI=1S/C37H34ClFN4O4S2.C2H6/c1-19-30-18-48-23-15-21-14-22(39)8-9-24(21)29(16-23)46-13-5-6-25-26-10-11-27(38)33(34(26)42(3)35(25)37(44)45)32-20(2)41-43-12-4-7-28(36(32)43)47-17-31(40-19)49-30;1-2/h8-11,14-16,28H,4-7,12-13,17-18H2,1-3H3,(H,44,45);1-2H3. The van der Waals surface area contributed by atoms with Crippen LogP contribution in [0.5, 0.6) is 5.75 Å². The zero-order valence-electron chi connectivity index (χ0n) is 29.3. The van der Waals surface area contributed by atoms with Gasteiger partial charge in [0.25, 0.3) is 0 Å². The molecular formula is C39H40ClFN4O4S2. The average Bonchev–Trinajstić information content (AvgIpc) is 3.74. The fraction of sp³-hybridized carbons (Fsp3) is 0.359. The van der Waals surface area contributed by atoms with Gasteiger partial charge in [0.05, 0.1) is 40.8 Å². The van der Waals surface area contributed by atoms with Crippen LogP contribution in [0.4, 0.5) is 4.39 Å². The second-order valence-electron chi connectivity index (χ2n) is 12.7. The van der Waals surface area contributed by atoms with Gasteiger partial charge in [0, 0.05) is 51.0 Å². The predicted octanol–water partition coefficient (Wildman–Crippen LogP) is 10.5. The number of fused-ring (bicyclic) bond motifs is 7. The molecule has 0 radical (unpaired) electrons. The van der Waals surface area contributed by atoms with Crippen molar-refractivity contribution in [3.05, 3.63) is 91.5 Å². The summed E-state index contributed by atoms with van der Waals surface area (Å²) in [7, 11) is 1.79. The van der Waals surface area contributed by atoms with E-state index >= 15 is 0 Å². The van der Waals surface area contributed by atoms with Crippen LogP contribution >= 0.6 is 34.7 Å². The minimum atomic E-state index is -1.00. The first-order chi connectivity index (χ1) is 24.7. The minimum Gasteiger partial charge on any atom is -0.493 e. The Morgan fingerprint density at radius 3 is 2.67 bits per heavy atom. The molecule has 5 heterocycles. The lowest BCUT2D eigenvalue weighted by atomic mass is 9.94. The molecular weight excluding hydrogens is 707 g/mol. The zero-order chi connectivity index (χ0) is 36.0. The highest BCUT2D eigenvalue weighted by Gasteiger charge is 2.32. The number of halogens is 2. The molecule has 0 aliphatic carbocycles. The van der Waals surface area contributed by atoms with E-state index in [1.807, 2.05) is 56.6 Å². The van der Waals surface area contributed by atoms with Gasteiger partial charge >= 0.3 is 5.97 Å². The van der Waals surface area contributed by atoms with Crippen molar-refractivity contribution < 1.29 is 23.8 Å². The van der Waals surface area contributed by atoms with Crippen molar-refractivity contribution in [3.63, 3.8) is 0 Å². The van der Waals surface area contributed by atoms with Crippen LogP contribution in [0.25, 0.3) is 32.8 Å². The van der Waals surface area contributed by atoms with Crippen LogP contribution in [0.3, 0.4) is 0 Å². The van der Waals surface area contributed by atoms with Crippen molar-refractivity contribution in [2.75, 3.05) is 6.61 Å². The van der Waals surface area contributed by atoms with E-state index in [1.54, 1.807) is 40.8 Å². The maximum absolute atomic E-state index is 14.3. The molecule has 8 nitrogen and oxygen atoms in total. The van der Waals surface area contributed by atoms with Gasteiger partial charge in [-0.25, -0.2) is 14.2 Å². The molecule has 3 aromatic heterocycles. The van der Waals surface area contributed by atoms with Crippen molar-refractivity contribution in [2.24, 2.45) is 7.05 Å². The van der Waals surface area contributed by atoms with E-state index in [1.165, 1.54) is 12.1 Å². The highest BCUT2D eigenvalue weighted by atomic mass is 35.5. The number of aromatic nitrogens is 4.